The summed E-state index contributed by atoms with van der Waals surface area (Å²) >= 11 is 7.84. The molecule has 0 bridgehead atoms. The largest absolute Gasteiger partial charge is 0.331 e. The van der Waals surface area contributed by atoms with Crippen LogP contribution in [-0.2, 0) is 6.54 Å². The Labute approximate surface area is 188 Å². The van der Waals surface area contributed by atoms with Crippen LogP contribution in [0.4, 0.5) is 5.82 Å². The average molecular weight is 441 g/mol. The van der Waals surface area contributed by atoms with Crippen molar-refractivity contribution in [2.24, 2.45) is 0 Å². The second kappa shape index (κ2) is 8.58. The molecule has 0 fully saturated rings. The van der Waals surface area contributed by atoms with E-state index in [-0.39, 0.29) is 0 Å². The number of hydrogen-bond donors (Lipinski definition) is 0. The molecule has 2 aromatic heterocycles. The summed E-state index contributed by atoms with van der Waals surface area (Å²) in [6, 6.07) is 14.8. The number of benzene rings is 1. The number of quaternary nitrogens is 1. The van der Waals surface area contributed by atoms with Gasteiger partial charge in [0.25, 0.3) is 0 Å². The van der Waals surface area contributed by atoms with E-state index in [0.717, 1.165) is 26.8 Å². The number of halogens is 1. The van der Waals surface area contributed by atoms with Gasteiger partial charge in [-0.05, 0) is 29.8 Å². The van der Waals surface area contributed by atoms with E-state index in [2.05, 4.69) is 78.2 Å². The molecule has 6 heteroatoms. The normalized spacial score (nSPS) is 15.2. The molecule has 156 valence electrons. The van der Waals surface area contributed by atoms with Crippen LogP contribution in [0.15, 0.2) is 58.6 Å². The van der Waals surface area contributed by atoms with Crippen LogP contribution >= 0.6 is 23.4 Å². The van der Waals surface area contributed by atoms with Gasteiger partial charge in [0, 0.05) is 32.0 Å². The van der Waals surface area contributed by atoms with Gasteiger partial charge in [0.15, 0.2) is 6.20 Å². The lowest BCUT2D eigenvalue weighted by Crippen LogP contribution is -2.37. The molecule has 1 aliphatic rings. The Balaban J connectivity index is 1.60. The summed E-state index contributed by atoms with van der Waals surface area (Å²) in [4.78, 5) is 7.74. The molecule has 1 aromatic carbocycles. The highest BCUT2D eigenvalue weighted by atomic mass is 35.5. The molecule has 0 aliphatic carbocycles. The highest BCUT2D eigenvalue weighted by molar-refractivity contribution is 8.03. The zero-order valence-electron chi connectivity index (χ0n) is 18.1. The average Bonchev–Trinajstić information content (AvgIpc) is 3.01. The third-order valence-corrected chi connectivity index (χ3v) is 6.73. The zero-order valence-corrected chi connectivity index (χ0v) is 19.7. The van der Waals surface area contributed by atoms with Crippen molar-refractivity contribution >= 4 is 46.2 Å². The molecule has 3 heterocycles. The van der Waals surface area contributed by atoms with E-state index in [0.29, 0.717) is 5.15 Å². The molecule has 1 aliphatic heterocycles. The van der Waals surface area contributed by atoms with E-state index in [9.17, 15) is 0 Å². The Morgan fingerprint density at radius 3 is 2.70 bits per heavy atom. The number of unbranched alkanes of at least 4 members (excludes halogenated alkanes) is 1. The predicted molar refractivity (Wildman–Crippen MR) is 128 cm³/mol. The number of pyridine rings is 2. The number of rotatable bonds is 6. The molecule has 0 radical (unpaired) electrons. The zero-order chi connectivity index (χ0) is 21.3. The SMILES string of the molecule is CN1C(=Cc2cc[n+](CCCC[N+](C)(C)C)c3ccccc23)Sc2ccc(Cl)nc21. The van der Waals surface area contributed by atoms with Crippen molar-refractivity contribution < 1.29 is 9.05 Å². The Morgan fingerprint density at radius 2 is 1.90 bits per heavy atom. The molecular weight excluding hydrogens is 412 g/mol. The molecule has 0 N–H and O–H groups in total. The van der Waals surface area contributed by atoms with Gasteiger partial charge < -0.3 is 9.38 Å². The molecule has 0 saturated heterocycles. The number of thioether (sulfide) groups is 1. The Hall–Kier alpha value is -2.08. The van der Waals surface area contributed by atoms with E-state index >= 15 is 0 Å². The molecule has 0 atom stereocenters. The van der Waals surface area contributed by atoms with Crippen LogP contribution in [0, 0.1) is 0 Å². The minimum atomic E-state index is 0.527. The topological polar surface area (TPSA) is 20.0 Å². The highest BCUT2D eigenvalue weighted by Crippen LogP contribution is 2.45. The lowest BCUT2D eigenvalue weighted by molar-refractivity contribution is -0.870. The van der Waals surface area contributed by atoms with Gasteiger partial charge in [0.05, 0.1) is 43.0 Å². The van der Waals surface area contributed by atoms with Crippen molar-refractivity contribution in [3.8, 4) is 0 Å². The maximum atomic E-state index is 6.10. The van der Waals surface area contributed by atoms with Crippen LogP contribution in [-0.4, -0.2) is 44.2 Å². The molecule has 0 saturated carbocycles. The number of anilines is 1. The van der Waals surface area contributed by atoms with Crippen LogP contribution in [0.2, 0.25) is 5.15 Å². The first-order chi connectivity index (χ1) is 14.3. The fourth-order valence-electron chi connectivity index (χ4n) is 3.77. The predicted octanol–water partition coefficient (Wildman–Crippen LogP) is 5.20. The number of fused-ring (bicyclic) bond motifs is 2. The van der Waals surface area contributed by atoms with Gasteiger partial charge in [-0.2, -0.15) is 4.57 Å². The minimum absolute atomic E-state index is 0.527. The minimum Gasteiger partial charge on any atom is -0.331 e. The summed E-state index contributed by atoms with van der Waals surface area (Å²) in [5.41, 5.74) is 2.50. The molecular formula is C24H29ClN4S+2. The van der Waals surface area contributed by atoms with E-state index < -0.39 is 0 Å². The summed E-state index contributed by atoms with van der Waals surface area (Å²) < 4.78 is 3.40. The summed E-state index contributed by atoms with van der Waals surface area (Å²) in [7, 11) is 8.81. The molecule has 3 aromatic rings. The summed E-state index contributed by atoms with van der Waals surface area (Å²) in [5, 5.41) is 2.96. The third kappa shape index (κ3) is 4.64. The van der Waals surface area contributed by atoms with Crippen LogP contribution in [0.1, 0.15) is 18.4 Å². The van der Waals surface area contributed by atoms with Crippen molar-refractivity contribution in [2.45, 2.75) is 24.3 Å². The fraction of sp³-hybridized carbons (Fsp3) is 0.333. The van der Waals surface area contributed by atoms with Gasteiger partial charge in [-0.3, -0.25) is 0 Å². The van der Waals surface area contributed by atoms with Crippen molar-refractivity contribution in [2.75, 3.05) is 39.6 Å². The first-order valence-corrected chi connectivity index (χ1v) is 11.5. The smallest absolute Gasteiger partial charge is 0.213 e. The second-order valence-electron chi connectivity index (χ2n) is 8.80. The van der Waals surface area contributed by atoms with Crippen molar-refractivity contribution in [1.29, 1.82) is 0 Å². The van der Waals surface area contributed by atoms with E-state index in [1.807, 2.05) is 19.2 Å². The molecule has 0 spiro atoms. The second-order valence-corrected chi connectivity index (χ2v) is 10.3. The van der Waals surface area contributed by atoms with Gasteiger partial charge in [-0.1, -0.05) is 35.5 Å². The van der Waals surface area contributed by atoms with Gasteiger partial charge in [0.2, 0.25) is 5.52 Å². The van der Waals surface area contributed by atoms with Crippen LogP contribution in [0.5, 0.6) is 0 Å². The molecule has 4 nitrogen and oxygen atoms in total. The van der Waals surface area contributed by atoms with Gasteiger partial charge in [-0.15, -0.1) is 0 Å². The van der Waals surface area contributed by atoms with E-state index in [4.69, 9.17) is 11.6 Å². The monoisotopic (exact) mass is 440 g/mol. The molecule has 0 amide bonds. The summed E-state index contributed by atoms with van der Waals surface area (Å²) in [6.45, 7) is 2.24. The summed E-state index contributed by atoms with van der Waals surface area (Å²) in [5.74, 6) is 0.923. The highest BCUT2D eigenvalue weighted by Gasteiger charge is 2.24. The molecule has 0 unspecified atom stereocenters. The lowest BCUT2D eigenvalue weighted by atomic mass is 10.1. The lowest BCUT2D eigenvalue weighted by Gasteiger charge is -2.23. The van der Waals surface area contributed by atoms with Crippen LogP contribution in [0.3, 0.4) is 0 Å². The third-order valence-electron chi connectivity index (χ3n) is 5.38. The van der Waals surface area contributed by atoms with Gasteiger partial charge in [0.1, 0.15) is 17.5 Å². The van der Waals surface area contributed by atoms with E-state index in [1.54, 1.807) is 11.8 Å². The number of nitrogens with zero attached hydrogens (tertiary/aromatic N) is 4. The summed E-state index contributed by atoms with van der Waals surface area (Å²) in [6.07, 6.45) is 6.89. The van der Waals surface area contributed by atoms with Crippen LogP contribution < -0.4 is 9.47 Å². The number of aromatic nitrogens is 2. The Bertz CT molecular complexity index is 1100. The van der Waals surface area contributed by atoms with Gasteiger partial charge >= 0.3 is 0 Å². The van der Waals surface area contributed by atoms with E-state index in [1.165, 1.54) is 35.9 Å². The molecule has 4 rings (SSSR count). The van der Waals surface area contributed by atoms with Crippen molar-refractivity contribution in [3.63, 3.8) is 0 Å². The van der Waals surface area contributed by atoms with Crippen molar-refractivity contribution in [1.82, 2.24) is 4.98 Å². The Kier molecular flexibility index (Phi) is 6.05. The number of hydrogen-bond acceptors (Lipinski definition) is 3. The number of para-hydroxylation sites is 1. The van der Waals surface area contributed by atoms with Crippen molar-refractivity contribution in [3.05, 3.63) is 64.4 Å². The Morgan fingerprint density at radius 1 is 1.10 bits per heavy atom. The number of aryl methyl sites for hydroxylation is 1. The first kappa shape index (κ1) is 21.2. The first-order valence-electron chi connectivity index (χ1n) is 10.3. The standard InChI is InChI=1S/C24H29ClN4S/c1-27-23(30-21-11-12-22(25)26-24(21)27)17-18-13-15-28(14-7-8-16-29(2,3)4)20-10-6-5-9-19(18)20/h5-6,9-13,15,17H,7-8,14,16H2,1-4H3/q+2. The maximum absolute atomic E-state index is 6.10. The fourth-order valence-corrected chi connectivity index (χ4v) is 4.96. The van der Waals surface area contributed by atoms with Crippen LogP contribution in [0.25, 0.3) is 17.0 Å². The molecule has 30 heavy (non-hydrogen) atoms. The quantitative estimate of drug-likeness (QED) is 0.227. The maximum Gasteiger partial charge on any atom is 0.213 e. The van der Waals surface area contributed by atoms with Gasteiger partial charge in [-0.25, -0.2) is 4.98 Å².